The van der Waals surface area contributed by atoms with Gasteiger partial charge in [0.1, 0.15) is 17.1 Å². The maximum Gasteiger partial charge on any atom is 0.259 e. The number of nitrogens with one attached hydrogen (secondary N) is 2. The standard InChI is InChI=1S/C18H18N2O4/c1-10-16(17-13(9-21)14(22)7-8-15(17)24-10)18(23)20-12-5-3-11(19-2)4-6-12/h3-8,19,21-22H,9H2,1-2H3,(H,20,23). The van der Waals surface area contributed by atoms with E-state index in [-0.39, 0.29) is 23.8 Å². The van der Waals surface area contributed by atoms with Gasteiger partial charge in [-0.05, 0) is 43.3 Å². The number of anilines is 2. The molecule has 0 radical (unpaired) electrons. The van der Waals surface area contributed by atoms with Gasteiger partial charge in [0.15, 0.2) is 0 Å². The van der Waals surface area contributed by atoms with Crippen LogP contribution in [-0.2, 0) is 6.61 Å². The van der Waals surface area contributed by atoms with Crippen molar-refractivity contribution < 1.29 is 19.4 Å². The second-order valence-corrected chi connectivity index (χ2v) is 5.41. The van der Waals surface area contributed by atoms with Crippen LogP contribution in [0, 0.1) is 6.92 Å². The predicted molar refractivity (Wildman–Crippen MR) is 92.5 cm³/mol. The fourth-order valence-electron chi connectivity index (χ4n) is 2.71. The number of aryl methyl sites for hydroxylation is 1. The van der Waals surface area contributed by atoms with Crippen LogP contribution in [0.5, 0.6) is 5.75 Å². The number of phenols is 1. The van der Waals surface area contributed by atoms with E-state index in [0.717, 1.165) is 5.69 Å². The van der Waals surface area contributed by atoms with E-state index in [1.807, 2.05) is 19.2 Å². The average molecular weight is 326 g/mol. The Labute approximate surface area is 138 Å². The molecule has 124 valence electrons. The van der Waals surface area contributed by atoms with E-state index in [2.05, 4.69) is 10.6 Å². The summed E-state index contributed by atoms with van der Waals surface area (Å²) >= 11 is 0. The molecule has 0 aliphatic carbocycles. The van der Waals surface area contributed by atoms with Gasteiger partial charge < -0.3 is 25.3 Å². The quantitative estimate of drug-likeness (QED) is 0.590. The summed E-state index contributed by atoms with van der Waals surface area (Å²) in [7, 11) is 1.82. The van der Waals surface area contributed by atoms with Crippen molar-refractivity contribution in [2.75, 3.05) is 17.7 Å². The minimum atomic E-state index is -0.390. The molecule has 24 heavy (non-hydrogen) atoms. The predicted octanol–water partition coefficient (Wildman–Crippen LogP) is 3.23. The largest absolute Gasteiger partial charge is 0.508 e. The molecular formula is C18H18N2O4. The molecule has 2 aromatic carbocycles. The van der Waals surface area contributed by atoms with Crippen molar-refractivity contribution >= 4 is 28.3 Å². The van der Waals surface area contributed by atoms with Gasteiger partial charge in [-0.1, -0.05) is 0 Å². The molecule has 6 nitrogen and oxygen atoms in total. The first-order valence-corrected chi connectivity index (χ1v) is 7.49. The molecule has 0 unspecified atom stereocenters. The Morgan fingerprint density at radius 1 is 1.12 bits per heavy atom. The van der Waals surface area contributed by atoms with Crippen LogP contribution in [0.25, 0.3) is 11.0 Å². The summed E-state index contributed by atoms with van der Waals surface area (Å²) in [5, 5.41) is 25.7. The lowest BCUT2D eigenvalue weighted by atomic mass is 10.0. The zero-order valence-electron chi connectivity index (χ0n) is 13.4. The minimum Gasteiger partial charge on any atom is -0.508 e. The second-order valence-electron chi connectivity index (χ2n) is 5.41. The van der Waals surface area contributed by atoms with E-state index in [9.17, 15) is 15.0 Å². The minimum absolute atomic E-state index is 0.0711. The van der Waals surface area contributed by atoms with Gasteiger partial charge in [-0.2, -0.15) is 0 Å². The summed E-state index contributed by atoms with van der Waals surface area (Å²) in [6, 6.07) is 10.3. The van der Waals surface area contributed by atoms with Gasteiger partial charge in [-0.15, -0.1) is 0 Å². The number of carbonyl (C=O) groups excluding carboxylic acids is 1. The van der Waals surface area contributed by atoms with Crippen molar-refractivity contribution in [1.29, 1.82) is 0 Å². The number of aliphatic hydroxyl groups excluding tert-OH is 1. The molecule has 6 heteroatoms. The fraction of sp³-hybridized carbons (Fsp3) is 0.167. The number of hydrogen-bond acceptors (Lipinski definition) is 5. The highest BCUT2D eigenvalue weighted by molar-refractivity contribution is 6.14. The molecule has 0 aliphatic rings. The molecule has 0 saturated heterocycles. The highest BCUT2D eigenvalue weighted by Gasteiger charge is 2.22. The van der Waals surface area contributed by atoms with Gasteiger partial charge in [-0.25, -0.2) is 0 Å². The van der Waals surface area contributed by atoms with E-state index in [4.69, 9.17) is 4.42 Å². The normalized spacial score (nSPS) is 10.8. The first-order chi connectivity index (χ1) is 11.5. The van der Waals surface area contributed by atoms with E-state index in [0.29, 0.717) is 28.0 Å². The molecule has 0 atom stereocenters. The third-order valence-corrected chi connectivity index (χ3v) is 3.93. The third-order valence-electron chi connectivity index (χ3n) is 3.93. The van der Waals surface area contributed by atoms with E-state index >= 15 is 0 Å². The summed E-state index contributed by atoms with van der Waals surface area (Å²) in [6.07, 6.45) is 0. The number of aliphatic hydroxyl groups is 1. The Hall–Kier alpha value is -2.99. The highest BCUT2D eigenvalue weighted by atomic mass is 16.3. The molecule has 3 rings (SSSR count). The Balaban J connectivity index is 2.02. The number of hydrogen-bond donors (Lipinski definition) is 4. The number of aromatic hydroxyl groups is 1. The van der Waals surface area contributed by atoms with Crippen LogP contribution in [0.2, 0.25) is 0 Å². The molecule has 1 heterocycles. The summed E-state index contributed by atoms with van der Waals surface area (Å²) < 4.78 is 5.60. The molecule has 1 amide bonds. The van der Waals surface area contributed by atoms with E-state index in [1.165, 1.54) is 6.07 Å². The Morgan fingerprint density at radius 3 is 2.42 bits per heavy atom. The summed E-state index contributed by atoms with van der Waals surface area (Å²) in [6.45, 7) is 1.29. The Bertz CT molecular complexity index is 898. The summed E-state index contributed by atoms with van der Waals surface area (Å²) in [5.41, 5.74) is 2.61. The number of furan rings is 1. The molecule has 0 saturated carbocycles. The van der Waals surface area contributed by atoms with Crippen LogP contribution in [0.4, 0.5) is 11.4 Å². The molecule has 0 bridgehead atoms. The van der Waals surface area contributed by atoms with E-state index in [1.54, 1.807) is 25.1 Å². The lowest BCUT2D eigenvalue weighted by Crippen LogP contribution is -2.13. The van der Waals surface area contributed by atoms with Gasteiger partial charge in [-0.3, -0.25) is 4.79 Å². The molecular weight excluding hydrogens is 308 g/mol. The number of benzene rings is 2. The number of amides is 1. The van der Waals surface area contributed by atoms with Crippen LogP contribution in [-0.4, -0.2) is 23.2 Å². The molecule has 3 aromatic rings. The van der Waals surface area contributed by atoms with Gasteiger partial charge in [0.2, 0.25) is 0 Å². The van der Waals surface area contributed by atoms with E-state index < -0.39 is 0 Å². The maximum atomic E-state index is 12.7. The Kier molecular flexibility index (Phi) is 4.14. The zero-order chi connectivity index (χ0) is 17.3. The summed E-state index contributed by atoms with van der Waals surface area (Å²) in [4.78, 5) is 12.7. The van der Waals surface area contributed by atoms with Gasteiger partial charge >= 0.3 is 0 Å². The second kappa shape index (κ2) is 6.25. The fourth-order valence-corrected chi connectivity index (χ4v) is 2.71. The van der Waals surface area contributed by atoms with Crippen LogP contribution in [0.1, 0.15) is 21.7 Å². The smallest absolute Gasteiger partial charge is 0.259 e. The topological polar surface area (TPSA) is 94.7 Å². The first kappa shape index (κ1) is 15.9. The van der Waals surface area contributed by atoms with Crippen molar-refractivity contribution in [3.05, 3.63) is 53.3 Å². The van der Waals surface area contributed by atoms with Crippen molar-refractivity contribution in [3.8, 4) is 5.75 Å². The van der Waals surface area contributed by atoms with Crippen molar-refractivity contribution in [2.45, 2.75) is 13.5 Å². The van der Waals surface area contributed by atoms with Crippen LogP contribution >= 0.6 is 0 Å². The third kappa shape index (κ3) is 2.68. The van der Waals surface area contributed by atoms with Gasteiger partial charge in [0.25, 0.3) is 5.91 Å². The maximum absolute atomic E-state index is 12.7. The highest BCUT2D eigenvalue weighted by Crippen LogP contribution is 2.34. The van der Waals surface area contributed by atoms with Crippen molar-refractivity contribution in [3.63, 3.8) is 0 Å². The molecule has 0 spiro atoms. The molecule has 4 N–H and O–H groups in total. The zero-order valence-corrected chi connectivity index (χ0v) is 13.4. The lowest BCUT2D eigenvalue weighted by Gasteiger charge is -2.08. The molecule has 1 aromatic heterocycles. The first-order valence-electron chi connectivity index (χ1n) is 7.49. The van der Waals surface area contributed by atoms with Crippen LogP contribution in [0.15, 0.2) is 40.8 Å². The number of rotatable bonds is 4. The monoisotopic (exact) mass is 326 g/mol. The number of carbonyl (C=O) groups is 1. The summed E-state index contributed by atoms with van der Waals surface area (Å²) in [5.74, 6) is -0.00312. The lowest BCUT2D eigenvalue weighted by molar-refractivity contribution is 0.102. The Morgan fingerprint density at radius 2 is 1.79 bits per heavy atom. The SMILES string of the molecule is CNc1ccc(NC(=O)c2c(C)oc3ccc(O)c(CO)c23)cc1. The van der Waals surface area contributed by atoms with Crippen molar-refractivity contribution in [1.82, 2.24) is 0 Å². The average Bonchev–Trinajstić information content (AvgIpc) is 2.91. The van der Waals surface area contributed by atoms with Crippen LogP contribution < -0.4 is 10.6 Å². The van der Waals surface area contributed by atoms with Gasteiger partial charge in [0.05, 0.1) is 12.2 Å². The number of fused-ring (bicyclic) bond motifs is 1. The van der Waals surface area contributed by atoms with Gasteiger partial charge in [0, 0.05) is 29.4 Å². The molecule has 0 aliphatic heterocycles. The van der Waals surface area contributed by atoms with Crippen LogP contribution in [0.3, 0.4) is 0 Å². The van der Waals surface area contributed by atoms with Crippen molar-refractivity contribution in [2.24, 2.45) is 0 Å². The molecule has 0 fully saturated rings.